The van der Waals surface area contributed by atoms with Gasteiger partial charge in [-0.1, -0.05) is 41.5 Å². The molecule has 1 heterocycles. The van der Waals surface area contributed by atoms with E-state index in [-0.39, 0.29) is 28.6 Å². The molecule has 6 nitrogen and oxygen atoms in total. The van der Waals surface area contributed by atoms with Crippen LogP contribution in [0.1, 0.15) is 94.9 Å². The van der Waals surface area contributed by atoms with E-state index in [1.807, 2.05) is 27.7 Å². The summed E-state index contributed by atoms with van der Waals surface area (Å²) in [6, 6.07) is 0. The summed E-state index contributed by atoms with van der Waals surface area (Å²) in [6.07, 6.45) is 2.33. The van der Waals surface area contributed by atoms with E-state index >= 15 is 0 Å². The summed E-state index contributed by atoms with van der Waals surface area (Å²) in [5.74, 6) is -1.73. The summed E-state index contributed by atoms with van der Waals surface area (Å²) in [5.41, 5.74) is -3.62. The van der Waals surface area contributed by atoms with Crippen LogP contribution < -0.4 is 0 Å². The van der Waals surface area contributed by atoms with Crippen LogP contribution in [0.25, 0.3) is 0 Å². The van der Waals surface area contributed by atoms with E-state index in [1.165, 1.54) is 0 Å². The Morgan fingerprint density at radius 3 is 2.17 bits per heavy atom. The number of hydrogen-bond acceptors (Lipinski definition) is 6. The van der Waals surface area contributed by atoms with E-state index in [4.69, 9.17) is 14.2 Å². The third kappa shape index (κ3) is 5.00. The van der Waals surface area contributed by atoms with E-state index in [1.54, 1.807) is 20.8 Å². The Morgan fingerprint density at radius 2 is 1.67 bits per heavy atom. The number of ether oxygens (including phenoxy) is 3. The van der Waals surface area contributed by atoms with Crippen LogP contribution >= 0.6 is 0 Å². The van der Waals surface area contributed by atoms with E-state index in [0.717, 1.165) is 0 Å². The number of carbonyl (C=O) groups is 3. The highest BCUT2D eigenvalue weighted by molar-refractivity contribution is 5.84. The minimum Gasteiger partial charge on any atom is -0.455 e. The van der Waals surface area contributed by atoms with Crippen molar-refractivity contribution in [2.45, 2.75) is 112 Å². The van der Waals surface area contributed by atoms with Crippen molar-refractivity contribution in [1.29, 1.82) is 0 Å². The van der Waals surface area contributed by atoms with Crippen molar-refractivity contribution in [3.05, 3.63) is 0 Å². The second-order valence-corrected chi connectivity index (χ2v) is 12.3. The van der Waals surface area contributed by atoms with Gasteiger partial charge >= 0.3 is 17.9 Å². The average Bonchev–Trinajstić information content (AvgIpc) is 2.79. The minimum atomic E-state index is -1.45. The largest absolute Gasteiger partial charge is 0.455 e. The van der Waals surface area contributed by atoms with Gasteiger partial charge in [0, 0.05) is 6.42 Å². The molecule has 30 heavy (non-hydrogen) atoms. The zero-order valence-electron chi connectivity index (χ0n) is 20.4. The summed E-state index contributed by atoms with van der Waals surface area (Å²) in [4.78, 5) is 38.2. The predicted octanol–water partition coefficient (Wildman–Crippen LogP) is 4.82. The Balaban J connectivity index is 2.15. The number of hydrogen-bond donors (Lipinski definition) is 0. The van der Waals surface area contributed by atoms with E-state index in [9.17, 15) is 14.4 Å². The lowest BCUT2D eigenvalue weighted by Gasteiger charge is -2.45. The molecule has 6 heteroatoms. The first-order valence-electron chi connectivity index (χ1n) is 11.0. The van der Waals surface area contributed by atoms with Gasteiger partial charge < -0.3 is 14.2 Å². The summed E-state index contributed by atoms with van der Waals surface area (Å²) < 4.78 is 17.2. The highest BCUT2D eigenvalue weighted by atomic mass is 16.6. The molecule has 2 aliphatic rings. The molecular formula is C24H40O6. The molecule has 4 unspecified atom stereocenters. The van der Waals surface area contributed by atoms with Gasteiger partial charge in [-0.25, -0.2) is 4.79 Å². The molecule has 0 aromatic carbocycles. The molecule has 1 aliphatic carbocycles. The Bertz CT molecular complexity index is 710. The minimum absolute atomic E-state index is 0.0608. The molecule has 4 atom stereocenters. The Kier molecular flexibility index (Phi) is 6.19. The van der Waals surface area contributed by atoms with Crippen LogP contribution in [0, 0.1) is 22.7 Å². The van der Waals surface area contributed by atoms with E-state index in [0.29, 0.717) is 25.7 Å². The van der Waals surface area contributed by atoms with Gasteiger partial charge in [0.05, 0.1) is 11.8 Å². The number of esters is 3. The van der Waals surface area contributed by atoms with Gasteiger partial charge in [-0.05, 0) is 57.8 Å². The molecule has 2 fully saturated rings. The quantitative estimate of drug-likeness (QED) is 0.465. The van der Waals surface area contributed by atoms with Crippen LogP contribution in [0.5, 0.6) is 0 Å². The summed E-state index contributed by atoms with van der Waals surface area (Å²) in [6.45, 7) is 19.0. The molecule has 0 aromatic heterocycles. The van der Waals surface area contributed by atoms with Gasteiger partial charge in [-0.3, -0.25) is 9.59 Å². The molecule has 0 spiro atoms. The molecule has 0 amide bonds. The van der Waals surface area contributed by atoms with Gasteiger partial charge in [0.15, 0.2) is 0 Å². The van der Waals surface area contributed by atoms with Crippen molar-refractivity contribution >= 4 is 17.9 Å². The van der Waals surface area contributed by atoms with Crippen molar-refractivity contribution in [2.24, 2.45) is 22.7 Å². The fraction of sp³-hybridized carbons (Fsp3) is 0.875. The average molecular weight is 425 g/mol. The molecule has 1 saturated carbocycles. The van der Waals surface area contributed by atoms with Crippen molar-refractivity contribution in [2.75, 3.05) is 0 Å². The van der Waals surface area contributed by atoms with Crippen molar-refractivity contribution in [1.82, 2.24) is 0 Å². The molecule has 0 radical (unpaired) electrons. The van der Waals surface area contributed by atoms with Gasteiger partial charge in [-0.15, -0.1) is 0 Å². The zero-order valence-corrected chi connectivity index (χ0v) is 20.4. The van der Waals surface area contributed by atoms with E-state index in [2.05, 4.69) is 20.8 Å². The maximum absolute atomic E-state index is 13.1. The maximum Gasteiger partial charge on any atom is 0.350 e. The van der Waals surface area contributed by atoms with E-state index < -0.39 is 28.7 Å². The molecule has 2 bridgehead atoms. The van der Waals surface area contributed by atoms with Gasteiger partial charge in [0.25, 0.3) is 0 Å². The predicted molar refractivity (Wildman–Crippen MR) is 114 cm³/mol. The number of rotatable bonds is 5. The maximum atomic E-state index is 13.1. The topological polar surface area (TPSA) is 78.9 Å². The monoisotopic (exact) mass is 424 g/mol. The fourth-order valence-electron chi connectivity index (χ4n) is 4.36. The van der Waals surface area contributed by atoms with Gasteiger partial charge in [-0.2, -0.15) is 0 Å². The Labute approximate surface area is 181 Å². The highest BCUT2D eigenvalue weighted by Gasteiger charge is 2.61. The summed E-state index contributed by atoms with van der Waals surface area (Å²) in [7, 11) is 0. The second kappa shape index (κ2) is 7.52. The first-order chi connectivity index (χ1) is 13.3. The van der Waals surface area contributed by atoms with Crippen molar-refractivity contribution in [3.8, 4) is 0 Å². The van der Waals surface area contributed by atoms with Crippen molar-refractivity contribution in [3.63, 3.8) is 0 Å². The van der Waals surface area contributed by atoms with Gasteiger partial charge in [0.1, 0.15) is 11.2 Å². The number of carbonyl (C=O) groups excluding carboxylic acids is 3. The third-order valence-corrected chi connectivity index (χ3v) is 6.70. The second-order valence-electron chi connectivity index (χ2n) is 12.3. The van der Waals surface area contributed by atoms with Gasteiger partial charge in [0.2, 0.25) is 5.60 Å². The highest BCUT2D eigenvalue weighted by Crippen LogP contribution is 2.50. The smallest absolute Gasteiger partial charge is 0.350 e. The molecule has 0 aromatic rings. The SMILES string of the molecule is CC(C)(C)CC(C(=O)OC(C)(C)C(=O)OC1(C)CCC2CC1(C)OC2=O)C(C)(C)C. The molecule has 1 saturated heterocycles. The van der Waals surface area contributed by atoms with Crippen LogP contribution in [0.15, 0.2) is 0 Å². The van der Waals surface area contributed by atoms with Crippen LogP contribution in [-0.4, -0.2) is 34.7 Å². The first kappa shape index (κ1) is 24.7. The standard InChI is InChI=1S/C24H40O6/c1-20(2,3)14-16(21(4,5)6)18(26)28-22(7,8)19(27)30-23(9)12-11-15-13-24(23,10)29-17(15)25/h15-16H,11-14H2,1-10H3. The Morgan fingerprint density at radius 1 is 1.10 bits per heavy atom. The molecule has 0 N–H and O–H groups in total. The van der Waals surface area contributed by atoms with Crippen LogP contribution in [-0.2, 0) is 28.6 Å². The lowest BCUT2D eigenvalue weighted by atomic mass is 9.71. The molecular weight excluding hydrogens is 384 g/mol. The third-order valence-electron chi connectivity index (χ3n) is 6.70. The van der Waals surface area contributed by atoms with Crippen LogP contribution in [0.3, 0.4) is 0 Å². The van der Waals surface area contributed by atoms with Crippen molar-refractivity contribution < 1.29 is 28.6 Å². The lowest BCUT2D eigenvalue weighted by molar-refractivity contribution is -0.215. The summed E-state index contributed by atoms with van der Waals surface area (Å²) >= 11 is 0. The van der Waals surface area contributed by atoms with Crippen LogP contribution in [0.4, 0.5) is 0 Å². The van der Waals surface area contributed by atoms with Crippen LogP contribution in [0.2, 0.25) is 0 Å². The Hall–Kier alpha value is -1.59. The molecule has 172 valence electrons. The fourth-order valence-corrected chi connectivity index (χ4v) is 4.36. The normalized spacial score (nSPS) is 30.5. The lowest BCUT2D eigenvalue weighted by Crippen LogP contribution is -2.57. The number of fused-ring (bicyclic) bond motifs is 2. The first-order valence-corrected chi connectivity index (χ1v) is 11.0. The summed E-state index contributed by atoms with van der Waals surface area (Å²) in [5, 5.41) is 0. The zero-order chi connectivity index (χ0) is 23.3. The molecule has 1 aliphatic heterocycles. The molecule has 2 rings (SSSR count).